The number of hydrogen-bond donors (Lipinski definition) is 2. The van der Waals surface area contributed by atoms with E-state index in [1.54, 1.807) is 6.92 Å². The number of aromatic nitrogens is 2. The van der Waals surface area contributed by atoms with Gasteiger partial charge in [0.1, 0.15) is 11.6 Å². The van der Waals surface area contributed by atoms with Crippen LogP contribution in [-0.4, -0.2) is 27.5 Å². The Kier molecular flexibility index (Phi) is 5.38. The molecule has 0 amide bonds. The van der Waals surface area contributed by atoms with Crippen LogP contribution in [0.25, 0.3) is 0 Å². The lowest BCUT2D eigenvalue weighted by molar-refractivity contribution is 0.763. The van der Waals surface area contributed by atoms with Crippen molar-refractivity contribution in [2.45, 2.75) is 33.2 Å². The van der Waals surface area contributed by atoms with Gasteiger partial charge < -0.3 is 10.3 Å². The predicted octanol–water partition coefficient (Wildman–Crippen LogP) is 2.02. The molecule has 0 aliphatic heterocycles. The highest BCUT2D eigenvalue weighted by Gasteiger charge is 2.03. The zero-order chi connectivity index (χ0) is 12.0. The Bertz CT molecular complexity index is 378. The standard InChI is InChI=1S/C11H19N3OS/c1-4-16-6-5-8(2)12-10-7-11(15)14-9(3)13-10/h7-8H,4-6H2,1-3H3,(H2,12,13,14,15). The number of aromatic amines is 1. The van der Waals surface area contributed by atoms with Crippen LogP contribution >= 0.6 is 11.8 Å². The van der Waals surface area contributed by atoms with Gasteiger partial charge in [-0.1, -0.05) is 6.92 Å². The summed E-state index contributed by atoms with van der Waals surface area (Å²) in [7, 11) is 0. The summed E-state index contributed by atoms with van der Waals surface area (Å²) >= 11 is 1.92. The summed E-state index contributed by atoms with van der Waals surface area (Å²) in [5, 5.41) is 3.24. The number of rotatable bonds is 6. The van der Waals surface area contributed by atoms with Crippen molar-refractivity contribution in [2.24, 2.45) is 0 Å². The van der Waals surface area contributed by atoms with E-state index >= 15 is 0 Å². The SMILES string of the molecule is CCSCCC(C)Nc1cc(=O)[nH]c(C)n1. The van der Waals surface area contributed by atoms with E-state index in [0.29, 0.717) is 17.7 Å². The van der Waals surface area contributed by atoms with Crippen LogP contribution in [0.15, 0.2) is 10.9 Å². The fraction of sp³-hybridized carbons (Fsp3) is 0.636. The summed E-state index contributed by atoms with van der Waals surface area (Å²) in [6.45, 7) is 6.04. The topological polar surface area (TPSA) is 57.8 Å². The molecule has 16 heavy (non-hydrogen) atoms. The molecule has 2 N–H and O–H groups in total. The first kappa shape index (κ1) is 13.1. The van der Waals surface area contributed by atoms with E-state index < -0.39 is 0 Å². The van der Waals surface area contributed by atoms with Crippen molar-refractivity contribution in [1.29, 1.82) is 0 Å². The zero-order valence-electron chi connectivity index (χ0n) is 10.0. The third-order valence-electron chi connectivity index (χ3n) is 2.15. The van der Waals surface area contributed by atoms with E-state index in [0.717, 1.165) is 17.9 Å². The van der Waals surface area contributed by atoms with E-state index in [1.165, 1.54) is 6.07 Å². The summed E-state index contributed by atoms with van der Waals surface area (Å²) in [4.78, 5) is 18.1. The van der Waals surface area contributed by atoms with Gasteiger partial charge in [0.15, 0.2) is 0 Å². The van der Waals surface area contributed by atoms with E-state index in [-0.39, 0.29) is 5.56 Å². The number of aryl methyl sites for hydroxylation is 1. The van der Waals surface area contributed by atoms with Crippen molar-refractivity contribution >= 4 is 17.6 Å². The van der Waals surface area contributed by atoms with Crippen molar-refractivity contribution in [3.63, 3.8) is 0 Å². The molecule has 0 saturated heterocycles. The lowest BCUT2D eigenvalue weighted by atomic mass is 10.2. The normalized spacial score (nSPS) is 12.4. The number of nitrogens with one attached hydrogen (secondary N) is 2. The highest BCUT2D eigenvalue weighted by molar-refractivity contribution is 7.99. The average molecular weight is 241 g/mol. The summed E-state index contributed by atoms with van der Waals surface area (Å²) in [6.07, 6.45) is 1.08. The molecule has 0 fully saturated rings. The van der Waals surface area contributed by atoms with Crippen molar-refractivity contribution in [3.8, 4) is 0 Å². The van der Waals surface area contributed by atoms with Gasteiger partial charge in [-0.2, -0.15) is 11.8 Å². The zero-order valence-corrected chi connectivity index (χ0v) is 10.9. The molecular weight excluding hydrogens is 222 g/mol. The molecule has 1 rings (SSSR count). The van der Waals surface area contributed by atoms with Crippen LogP contribution in [-0.2, 0) is 0 Å². The van der Waals surface area contributed by atoms with Crippen LogP contribution in [0.2, 0.25) is 0 Å². The summed E-state index contributed by atoms with van der Waals surface area (Å²) in [5.74, 6) is 3.59. The quantitative estimate of drug-likeness (QED) is 0.748. The smallest absolute Gasteiger partial charge is 0.252 e. The number of nitrogens with zero attached hydrogens (tertiary/aromatic N) is 1. The molecule has 1 atom stereocenters. The number of H-pyrrole nitrogens is 1. The molecule has 0 spiro atoms. The Labute approximate surface area is 100 Å². The minimum absolute atomic E-state index is 0.106. The highest BCUT2D eigenvalue weighted by atomic mass is 32.2. The highest BCUT2D eigenvalue weighted by Crippen LogP contribution is 2.08. The summed E-state index contributed by atoms with van der Waals surface area (Å²) in [5.41, 5.74) is -0.106. The molecule has 0 radical (unpaired) electrons. The molecule has 1 aromatic rings. The van der Waals surface area contributed by atoms with Gasteiger partial charge in [-0.05, 0) is 31.8 Å². The molecule has 0 aromatic carbocycles. The van der Waals surface area contributed by atoms with Gasteiger partial charge in [-0.15, -0.1) is 0 Å². The minimum atomic E-state index is -0.106. The molecule has 90 valence electrons. The lowest BCUT2D eigenvalue weighted by Crippen LogP contribution is -2.19. The second kappa shape index (κ2) is 6.58. The summed E-state index contributed by atoms with van der Waals surface area (Å²) < 4.78 is 0. The first-order chi connectivity index (χ1) is 7.61. The fourth-order valence-electron chi connectivity index (χ4n) is 1.38. The Hall–Kier alpha value is -0.970. The second-order valence-corrected chi connectivity index (χ2v) is 5.14. The van der Waals surface area contributed by atoms with Gasteiger partial charge in [-0.3, -0.25) is 4.79 Å². The van der Waals surface area contributed by atoms with E-state index in [9.17, 15) is 4.79 Å². The monoisotopic (exact) mass is 241 g/mol. The van der Waals surface area contributed by atoms with Gasteiger partial charge in [0.05, 0.1) is 0 Å². The van der Waals surface area contributed by atoms with Crippen molar-refractivity contribution in [3.05, 3.63) is 22.2 Å². The van der Waals surface area contributed by atoms with E-state index in [4.69, 9.17) is 0 Å². The Morgan fingerprint density at radius 1 is 1.62 bits per heavy atom. The van der Waals surface area contributed by atoms with Crippen molar-refractivity contribution in [1.82, 2.24) is 9.97 Å². The van der Waals surface area contributed by atoms with Gasteiger partial charge in [0, 0.05) is 12.1 Å². The summed E-state index contributed by atoms with van der Waals surface area (Å²) in [6, 6.07) is 1.84. The molecule has 4 nitrogen and oxygen atoms in total. The van der Waals surface area contributed by atoms with Crippen LogP contribution in [0.1, 0.15) is 26.1 Å². The average Bonchev–Trinajstić information content (AvgIpc) is 2.16. The van der Waals surface area contributed by atoms with Crippen LogP contribution in [0.5, 0.6) is 0 Å². The van der Waals surface area contributed by atoms with Crippen molar-refractivity contribution in [2.75, 3.05) is 16.8 Å². The Morgan fingerprint density at radius 2 is 2.38 bits per heavy atom. The van der Waals surface area contributed by atoms with Crippen LogP contribution in [0.3, 0.4) is 0 Å². The van der Waals surface area contributed by atoms with Crippen LogP contribution in [0.4, 0.5) is 5.82 Å². The molecule has 0 aliphatic rings. The fourth-order valence-corrected chi connectivity index (χ4v) is 2.19. The second-order valence-electron chi connectivity index (χ2n) is 3.75. The largest absolute Gasteiger partial charge is 0.367 e. The molecular formula is C11H19N3OS. The maximum Gasteiger partial charge on any atom is 0.252 e. The number of hydrogen-bond acceptors (Lipinski definition) is 4. The molecule has 1 aromatic heterocycles. The third kappa shape index (κ3) is 4.70. The first-order valence-electron chi connectivity index (χ1n) is 5.54. The van der Waals surface area contributed by atoms with E-state index in [1.807, 2.05) is 11.8 Å². The molecule has 1 heterocycles. The lowest BCUT2D eigenvalue weighted by Gasteiger charge is -2.13. The molecule has 0 bridgehead atoms. The first-order valence-corrected chi connectivity index (χ1v) is 6.69. The van der Waals surface area contributed by atoms with Crippen LogP contribution in [0, 0.1) is 6.92 Å². The molecule has 0 saturated carbocycles. The van der Waals surface area contributed by atoms with Gasteiger partial charge in [0.2, 0.25) is 0 Å². The number of anilines is 1. The van der Waals surface area contributed by atoms with Gasteiger partial charge in [0.25, 0.3) is 5.56 Å². The predicted molar refractivity (Wildman–Crippen MR) is 70.3 cm³/mol. The molecule has 0 aliphatic carbocycles. The maximum atomic E-state index is 11.2. The van der Waals surface area contributed by atoms with E-state index in [2.05, 4.69) is 29.1 Å². The Morgan fingerprint density at radius 3 is 3.00 bits per heavy atom. The third-order valence-corrected chi connectivity index (χ3v) is 3.09. The van der Waals surface area contributed by atoms with Gasteiger partial charge in [-0.25, -0.2) is 4.98 Å². The maximum absolute atomic E-state index is 11.2. The molecule has 1 unspecified atom stereocenters. The number of thioether (sulfide) groups is 1. The van der Waals surface area contributed by atoms with Crippen molar-refractivity contribution < 1.29 is 0 Å². The minimum Gasteiger partial charge on any atom is -0.367 e. The Balaban J connectivity index is 2.49. The molecule has 5 heteroatoms. The van der Waals surface area contributed by atoms with Gasteiger partial charge >= 0.3 is 0 Å². The van der Waals surface area contributed by atoms with Crippen LogP contribution < -0.4 is 10.9 Å².